The van der Waals surface area contributed by atoms with Crippen LogP contribution in [0.5, 0.6) is 0 Å². The Morgan fingerprint density at radius 2 is 1.53 bits per heavy atom. The average Bonchev–Trinajstić information content (AvgIpc) is 3.20. The lowest BCUT2D eigenvalue weighted by Crippen LogP contribution is -2.40. The van der Waals surface area contributed by atoms with Gasteiger partial charge in [0, 0.05) is 25.2 Å². The van der Waals surface area contributed by atoms with Gasteiger partial charge in [-0.2, -0.15) is 4.31 Å². The van der Waals surface area contributed by atoms with Crippen molar-refractivity contribution in [2.45, 2.75) is 55.9 Å². The van der Waals surface area contributed by atoms with E-state index in [1.165, 1.54) is 6.42 Å². The van der Waals surface area contributed by atoms with Gasteiger partial charge in [0.15, 0.2) is 0 Å². The molecule has 0 saturated carbocycles. The van der Waals surface area contributed by atoms with Gasteiger partial charge in [0.25, 0.3) is 5.91 Å². The largest absolute Gasteiger partial charge is 0.468 e. The summed E-state index contributed by atoms with van der Waals surface area (Å²) in [6, 6.07) is 10.1. The molecule has 0 unspecified atom stereocenters. The molecule has 7 nitrogen and oxygen atoms in total. The summed E-state index contributed by atoms with van der Waals surface area (Å²) in [7, 11) is -3.52. The van der Waals surface area contributed by atoms with Crippen LogP contribution < -0.4 is 5.32 Å². The van der Waals surface area contributed by atoms with E-state index in [0.29, 0.717) is 25.2 Å². The van der Waals surface area contributed by atoms with Gasteiger partial charge >= 0.3 is 0 Å². The van der Waals surface area contributed by atoms with E-state index >= 15 is 0 Å². The van der Waals surface area contributed by atoms with Gasteiger partial charge in [-0.1, -0.05) is 19.3 Å². The summed E-state index contributed by atoms with van der Waals surface area (Å²) < 4.78 is 33.1. The standard InChI is InChI=1S/C24H33N3O4S/c28-24(25-19-22(23-9-8-18-31-23)26-14-4-3-5-15-26)20-10-12-21(13-11-20)32(29,30)27-16-6-1-2-7-17-27/h8-13,18,22H,1-7,14-17,19H2,(H,25,28)/t22-/m0/s1. The summed E-state index contributed by atoms with van der Waals surface area (Å²) in [4.78, 5) is 15.4. The minimum Gasteiger partial charge on any atom is -0.468 e. The van der Waals surface area contributed by atoms with E-state index in [4.69, 9.17) is 4.42 Å². The number of rotatable bonds is 7. The molecule has 2 aliphatic rings. The molecule has 2 saturated heterocycles. The Balaban J connectivity index is 1.40. The number of carbonyl (C=O) groups excluding carboxylic acids is 1. The molecule has 32 heavy (non-hydrogen) atoms. The molecule has 3 heterocycles. The number of nitrogens with one attached hydrogen (secondary N) is 1. The van der Waals surface area contributed by atoms with Gasteiger partial charge in [0.2, 0.25) is 10.0 Å². The number of sulfonamides is 1. The predicted octanol–water partition coefficient (Wildman–Crippen LogP) is 3.80. The first-order valence-corrected chi connectivity index (χ1v) is 13.2. The minimum absolute atomic E-state index is 0.00284. The fraction of sp³-hybridized carbons (Fsp3) is 0.542. The van der Waals surface area contributed by atoms with Crippen LogP contribution in [0.2, 0.25) is 0 Å². The van der Waals surface area contributed by atoms with Crippen molar-refractivity contribution >= 4 is 15.9 Å². The van der Waals surface area contributed by atoms with Crippen molar-refractivity contribution in [2.24, 2.45) is 0 Å². The molecular formula is C24H33N3O4S. The summed E-state index contributed by atoms with van der Waals surface area (Å²) in [6.45, 7) is 3.55. The van der Waals surface area contributed by atoms with Crippen molar-refractivity contribution in [1.29, 1.82) is 0 Å². The molecule has 1 aromatic carbocycles. The Hall–Kier alpha value is -2.16. The van der Waals surface area contributed by atoms with Crippen LogP contribution >= 0.6 is 0 Å². The SMILES string of the molecule is O=C(NC[C@@H](c1ccco1)N1CCCCC1)c1ccc(S(=O)(=O)N2CCCCCC2)cc1. The third-order valence-corrected chi connectivity index (χ3v) is 8.39. The Morgan fingerprint density at radius 3 is 2.16 bits per heavy atom. The van der Waals surface area contributed by atoms with Crippen molar-refractivity contribution in [2.75, 3.05) is 32.7 Å². The number of piperidine rings is 1. The Kier molecular flexibility index (Phi) is 7.65. The van der Waals surface area contributed by atoms with Gasteiger partial charge in [-0.15, -0.1) is 0 Å². The van der Waals surface area contributed by atoms with E-state index in [2.05, 4.69) is 10.2 Å². The number of nitrogens with zero attached hydrogens (tertiary/aromatic N) is 2. The first-order chi connectivity index (χ1) is 15.6. The van der Waals surface area contributed by atoms with Crippen LogP contribution in [0.1, 0.15) is 67.1 Å². The zero-order chi connectivity index (χ0) is 22.4. The molecule has 0 aliphatic carbocycles. The molecule has 2 aromatic rings. The van der Waals surface area contributed by atoms with Crippen molar-refractivity contribution in [3.8, 4) is 0 Å². The lowest BCUT2D eigenvalue weighted by molar-refractivity contribution is 0.0914. The molecule has 2 fully saturated rings. The number of amides is 1. The lowest BCUT2D eigenvalue weighted by Gasteiger charge is -2.33. The van der Waals surface area contributed by atoms with Crippen LogP contribution in [-0.2, 0) is 10.0 Å². The second kappa shape index (κ2) is 10.6. The molecule has 1 amide bonds. The Bertz CT molecular complexity index is 959. The van der Waals surface area contributed by atoms with Crippen molar-refractivity contribution in [3.63, 3.8) is 0 Å². The van der Waals surface area contributed by atoms with Crippen LogP contribution in [0.3, 0.4) is 0 Å². The topological polar surface area (TPSA) is 82.9 Å². The van der Waals surface area contributed by atoms with Gasteiger partial charge in [-0.25, -0.2) is 8.42 Å². The smallest absolute Gasteiger partial charge is 0.251 e. The quantitative estimate of drug-likeness (QED) is 0.681. The predicted molar refractivity (Wildman–Crippen MR) is 123 cm³/mol. The normalized spacial score (nSPS) is 19.9. The molecule has 4 rings (SSSR count). The van der Waals surface area contributed by atoms with Crippen LogP contribution in [0.15, 0.2) is 52.0 Å². The van der Waals surface area contributed by atoms with Crippen LogP contribution in [0, 0.1) is 0 Å². The van der Waals surface area contributed by atoms with E-state index in [-0.39, 0.29) is 16.8 Å². The molecule has 2 aliphatic heterocycles. The van der Waals surface area contributed by atoms with Gasteiger partial charge in [0.1, 0.15) is 5.76 Å². The van der Waals surface area contributed by atoms with Gasteiger partial charge in [0.05, 0.1) is 17.2 Å². The number of carbonyl (C=O) groups is 1. The van der Waals surface area contributed by atoms with E-state index in [1.54, 1.807) is 34.8 Å². The number of likely N-dealkylation sites (tertiary alicyclic amines) is 1. The van der Waals surface area contributed by atoms with Gasteiger partial charge in [-0.3, -0.25) is 9.69 Å². The number of hydrogen-bond acceptors (Lipinski definition) is 5. The molecule has 0 spiro atoms. The fourth-order valence-electron chi connectivity index (χ4n) is 4.62. The summed E-state index contributed by atoms with van der Waals surface area (Å²) in [5, 5.41) is 3.01. The molecular weight excluding hydrogens is 426 g/mol. The highest BCUT2D eigenvalue weighted by Gasteiger charge is 2.27. The minimum atomic E-state index is -3.52. The summed E-state index contributed by atoms with van der Waals surface area (Å²) in [6.07, 6.45) is 9.14. The maximum absolute atomic E-state index is 13.0. The number of hydrogen-bond donors (Lipinski definition) is 1. The Morgan fingerprint density at radius 1 is 0.906 bits per heavy atom. The molecule has 1 N–H and O–H groups in total. The molecule has 0 bridgehead atoms. The highest BCUT2D eigenvalue weighted by molar-refractivity contribution is 7.89. The third kappa shape index (κ3) is 5.42. The van der Waals surface area contributed by atoms with E-state index in [1.807, 2.05) is 12.1 Å². The van der Waals surface area contributed by atoms with Crippen molar-refractivity contribution in [3.05, 3.63) is 54.0 Å². The third-order valence-electron chi connectivity index (χ3n) is 6.48. The first-order valence-electron chi connectivity index (χ1n) is 11.7. The lowest BCUT2D eigenvalue weighted by atomic mass is 10.1. The number of furan rings is 1. The average molecular weight is 460 g/mol. The molecule has 0 radical (unpaired) electrons. The van der Waals surface area contributed by atoms with Crippen LogP contribution in [-0.4, -0.2) is 56.3 Å². The summed E-state index contributed by atoms with van der Waals surface area (Å²) in [5.74, 6) is 0.642. The molecule has 1 atom stereocenters. The zero-order valence-electron chi connectivity index (χ0n) is 18.5. The maximum Gasteiger partial charge on any atom is 0.251 e. The van der Waals surface area contributed by atoms with Gasteiger partial charge in [-0.05, 0) is 75.2 Å². The van der Waals surface area contributed by atoms with E-state index in [0.717, 1.165) is 57.4 Å². The van der Waals surface area contributed by atoms with E-state index < -0.39 is 10.0 Å². The van der Waals surface area contributed by atoms with Gasteiger partial charge < -0.3 is 9.73 Å². The zero-order valence-corrected chi connectivity index (χ0v) is 19.4. The fourth-order valence-corrected chi connectivity index (χ4v) is 6.14. The highest BCUT2D eigenvalue weighted by atomic mass is 32.2. The highest BCUT2D eigenvalue weighted by Crippen LogP contribution is 2.25. The Labute approximate surface area is 190 Å². The maximum atomic E-state index is 13.0. The second-order valence-corrected chi connectivity index (χ2v) is 10.6. The molecule has 8 heteroatoms. The van der Waals surface area contributed by atoms with Crippen LogP contribution in [0.4, 0.5) is 0 Å². The van der Waals surface area contributed by atoms with Crippen molar-refractivity contribution < 1.29 is 17.6 Å². The van der Waals surface area contributed by atoms with Crippen molar-refractivity contribution in [1.82, 2.24) is 14.5 Å². The molecule has 174 valence electrons. The van der Waals surface area contributed by atoms with Crippen LogP contribution in [0.25, 0.3) is 0 Å². The monoisotopic (exact) mass is 459 g/mol. The summed E-state index contributed by atoms with van der Waals surface area (Å²) in [5.41, 5.74) is 0.455. The second-order valence-electron chi connectivity index (χ2n) is 8.68. The summed E-state index contributed by atoms with van der Waals surface area (Å²) >= 11 is 0. The first kappa shape index (κ1) is 23.0. The van der Waals surface area contributed by atoms with E-state index in [9.17, 15) is 13.2 Å². The molecule has 1 aromatic heterocycles. The number of benzene rings is 1.